The molecule has 2 aromatic heterocycles. The minimum atomic E-state index is 0.386. The van der Waals surface area contributed by atoms with Gasteiger partial charge in [-0.05, 0) is 24.6 Å². The molecule has 0 unspecified atom stereocenters. The lowest BCUT2D eigenvalue weighted by Gasteiger charge is -2.05. The first-order valence-electron chi connectivity index (χ1n) is 6.05. The highest BCUT2D eigenvalue weighted by atomic mass is 35.5. The molecule has 0 aliphatic carbocycles. The number of fused-ring (bicyclic) bond motifs is 1. The van der Waals surface area contributed by atoms with Crippen LogP contribution in [-0.4, -0.2) is 19.7 Å². The fourth-order valence-corrected chi connectivity index (χ4v) is 2.36. The number of nitrogens with zero attached hydrogens (tertiary/aromatic N) is 4. The molecule has 3 aromatic rings. The summed E-state index contributed by atoms with van der Waals surface area (Å²) in [6.07, 6.45) is 2.08. The first kappa shape index (κ1) is 12.2. The summed E-state index contributed by atoms with van der Waals surface area (Å²) in [7, 11) is 0. The van der Waals surface area contributed by atoms with E-state index in [0.29, 0.717) is 18.2 Å². The molecule has 0 spiro atoms. The fraction of sp³-hybridized carbons (Fsp3) is 0.308. The molecule has 5 nitrogen and oxygen atoms in total. The average molecular weight is 277 g/mol. The number of halogens is 1. The Balaban J connectivity index is 1.96. The van der Waals surface area contributed by atoms with E-state index >= 15 is 0 Å². The highest BCUT2D eigenvalue weighted by Crippen LogP contribution is 2.19. The van der Waals surface area contributed by atoms with Crippen LogP contribution in [0.2, 0.25) is 0 Å². The van der Waals surface area contributed by atoms with E-state index in [9.17, 15) is 0 Å². The minimum Gasteiger partial charge on any atom is -0.340 e. The molecule has 19 heavy (non-hydrogen) atoms. The Morgan fingerprint density at radius 1 is 1.37 bits per heavy atom. The first-order chi connectivity index (χ1) is 9.28. The van der Waals surface area contributed by atoms with Gasteiger partial charge in [0.2, 0.25) is 5.89 Å². The molecule has 98 valence electrons. The molecule has 0 amide bonds. The number of aromatic nitrogens is 4. The summed E-state index contributed by atoms with van der Waals surface area (Å²) in [5.41, 5.74) is 3.25. The summed E-state index contributed by atoms with van der Waals surface area (Å²) in [4.78, 5) is 8.58. The number of aryl methyl sites for hydroxylation is 3. The third-order valence-corrected chi connectivity index (χ3v) is 3.30. The van der Waals surface area contributed by atoms with Crippen molar-refractivity contribution in [2.75, 3.05) is 0 Å². The van der Waals surface area contributed by atoms with Gasteiger partial charge in [0.05, 0.1) is 16.9 Å². The number of imidazole rings is 1. The average Bonchev–Trinajstić information content (AvgIpc) is 3.02. The summed E-state index contributed by atoms with van der Waals surface area (Å²) < 4.78 is 7.11. The highest BCUT2D eigenvalue weighted by molar-refractivity contribution is 6.16. The van der Waals surface area contributed by atoms with E-state index < -0.39 is 0 Å². The van der Waals surface area contributed by atoms with E-state index in [1.807, 2.05) is 0 Å². The van der Waals surface area contributed by atoms with Gasteiger partial charge in [0.15, 0.2) is 6.33 Å². The van der Waals surface area contributed by atoms with Crippen molar-refractivity contribution in [2.45, 2.75) is 25.8 Å². The van der Waals surface area contributed by atoms with E-state index in [4.69, 9.17) is 16.1 Å². The summed E-state index contributed by atoms with van der Waals surface area (Å²) >= 11 is 5.97. The summed E-state index contributed by atoms with van der Waals surface area (Å²) in [5, 5.41) is 3.60. The van der Waals surface area contributed by atoms with E-state index in [1.54, 1.807) is 0 Å². The molecule has 0 aliphatic rings. The number of alkyl halides is 1. The lowest BCUT2D eigenvalue weighted by atomic mass is 10.2. The minimum absolute atomic E-state index is 0.386. The molecule has 0 saturated heterocycles. The van der Waals surface area contributed by atoms with E-state index in [-0.39, 0.29) is 0 Å². The summed E-state index contributed by atoms with van der Waals surface area (Å²) in [6.45, 7) is 2.78. The Morgan fingerprint density at radius 2 is 2.26 bits per heavy atom. The third kappa shape index (κ3) is 2.33. The van der Waals surface area contributed by atoms with Crippen LogP contribution in [0.5, 0.6) is 0 Å². The van der Waals surface area contributed by atoms with E-state index in [0.717, 1.165) is 23.4 Å². The zero-order valence-corrected chi connectivity index (χ0v) is 11.3. The van der Waals surface area contributed by atoms with Crippen LogP contribution in [0.15, 0.2) is 29.0 Å². The highest BCUT2D eigenvalue weighted by Gasteiger charge is 2.11. The standard InChI is InChI=1S/C13H13ClN4O/c1-9-2-3-11-10(6-9)17-12(7-14)18(11)5-4-13-15-8-16-19-13/h2-3,6,8H,4-5,7H2,1H3. The molecule has 6 heteroatoms. The molecule has 0 radical (unpaired) electrons. The first-order valence-corrected chi connectivity index (χ1v) is 6.58. The van der Waals surface area contributed by atoms with Gasteiger partial charge in [0, 0.05) is 13.0 Å². The van der Waals surface area contributed by atoms with Gasteiger partial charge < -0.3 is 9.09 Å². The fourth-order valence-electron chi connectivity index (χ4n) is 2.15. The van der Waals surface area contributed by atoms with Crippen LogP contribution in [-0.2, 0) is 18.8 Å². The van der Waals surface area contributed by atoms with Crippen LogP contribution in [0.4, 0.5) is 0 Å². The zero-order valence-electron chi connectivity index (χ0n) is 10.5. The van der Waals surface area contributed by atoms with Gasteiger partial charge in [-0.2, -0.15) is 4.98 Å². The van der Waals surface area contributed by atoms with Crippen molar-refractivity contribution in [3.63, 3.8) is 0 Å². The van der Waals surface area contributed by atoms with E-state index in [2.05, 4.69) is 44.8 Å². The van der Waals surface area contributed by atoms with Crippen molar-refractivity contribution in [3.8, 4) is 0 Å². The second kappa shape index (κ2) is 5.01. The zero-order chi connectivity index (χ0) is 13.2. The summed E-state index contributed by atoms with van der Waals surface area (Å²) in [5.74, 6) is 1.87. The Hall–Kier alpha value is -1.88. The van der Waals surface area contributed by atoms with Gasteiger partial charge >= 0.3 is 0 Å². The third-order valence-electron chi connectivity index (χ3n) is 3.06. The predicted molar refractivity (Wildman–Crippen MR) is 72.0 cm³/mol. The van der Waals surface area contributed by atoms with Crippen molar-refractivity contribution in [1.29, 1.82) is 0 Å². The number of hydrogen-bond acceptors (Lipinski definition) is 4. The Kier molecular flexibility index (Phi) is 3.21. The smallest absolute Gasteiger partial charge is 0.228 e. The molecule has 3 rings (SSSR count). The number of rotatable bonds is 4. The number of benzene rings is 1. The molecule has 0 saturated carbocycles. The Labute approximate surface area is 115 Å². The van der Waals surface area contributed by atoms with Crippen LogP contribution < -0.4 is 0 Å². The van der Waals surface area contributed by atoms with Crippen molar-refractivity contribution in [1.82, 2.24) is 19.7 Å². The largest absolute Gasteiger partial charge is 0.340 e. The normalized spacial score (nSPS) is 11.3. The van der Waals surface area contributed by atoms with Crippen LogP contribution >= 0.6 is 11.6 Å². The molecule has 0 bridgehead atoms. The number of hydrogen-bond donors (Lipinski definition) is 0. The molecule has 2 heterocycles. The SMILES string of the molecule is Cc1ccc2c(c1)nc(CCl)n2CCc1ncno1. The van der Waals surface area contributed by atoms with Gasteiger partial charge in [-0.25, -0.2) is 4.98 Å². The molecule has 0 fully saturated rings. The van der Waals surface area contributed by atoms with Gasteiger partial charge in [0.25, 0.3) is 0 Å². The molecular formula is C13H13ClN4O. The van der Waals surface area contributed by atoms with Crippen molar-refractivity contribution in [3.05, 3.63) is 41.8 Å². The Morgan fingerprint density at radius 3 is 3.00 bits per heavy atom. The topological polar surface area (TPSA) is 56.7 Å². The Bertz CT molecular complexity index is 690. The van der Waals surface area contributed by atoms with Gasteiger partial charge in [0.1, 0.15) is 5.82 Å². The van der Waals surface area contributed by atoms with E-state index in [1.165, 1.54) is 11.9 Å². The van der Waals surface area contributed by atoms with Crippen LogP contribution in [0, 0.1) is 6.92 Å². The van der Waals surface area contributed by atoms with Crippen molar-refractivity contribution < 1.29 is 4.52 Å². The molecular weight excluding hydrogens is 264 g/mol. The lowest BCUT2D eigenvalue weighted by Crippen LogP contribution is -2.05. The quantitative estimate of drug-likeness (QED) is 0.688. The molecule has 0 aliphatic heterocycles. The monoisotopic (exact) mass is 276 g/mol. The molecule has 1 aromatic carbocycles. The maximum Gasteiger partial charge on any atom is 0.228 e. The maximum absolute atomic E-state index is 5.97. The maximum atomic E-state index is 5.97. The van der Waals surface area contributed by atoms with Crippen molar-refractivity contribution in [2.24, 2.45) is 0 Å². The van der Waals surface area contributed by atoms with Crippen LogP contribution in [0.1, 0.15) is 17.3 Å². The predicted octanol–water partition coefficient (Wildman–Crippen LogP) is 2.71. The summed E-state index contributed by atoms with van der Waals surface area (Å²) in [6, 6.07) is 6.21. The second-order valence-electron chi connectivity index (χ2n) is 4.39. The van der Waals surface area contributed by atoms with Crippen molar-refractivity contribution >= 4 is 22.6 Å². The molecule has 0 N–H and O–H groups in total. The van der Waals surface area contributed by atoms with Gasteiger partial charge in [-0.3, -0.25) is 0 Å². The van der Waals surface area contributed by atoms with Gasteiger partial charge in [-0.15, -0.1) is 11.6 Å². The van der Waals surface area contributed by atoms with Gasteiger partial charge in [-0.1, -0.05) is 11.2 Å². The molecule has 0 atom stereocenters. The van der Waals surface area contributed by atoms with Crippen LogP contribution in [0.3, 0.4) is 0 Å². The lowest BCUT2D eigenvalue weighted by molar-refractivity contribution is 0.371. The van der Waals surface area contributed by atoms with Crippen LogP contribution in [0.25, 0.3) is 11.0 Å². The second-order valence-corrected chi connectivity index (χ2v) is 4.66.